The van der Waals surface area contributed by atoms with Gasteiger partial charge in [-0.25, -0.2) is 0 Å². The quantitative estimate of drug-likeness (QED) is 0.823. The molecule has 0 spiro atoms. The van der Waals surface area contributed by atoms with Crippen LogP contribution in [-0.2, 0) is 10.3 Å². The van der Waals surface area contributed by atoms with Crippen LogP contribution in [0.15, 0.2) is 18.2 Å². The molecule has 2 N–H and O–H groups in total. The highest BCUT2D eigenvalue weighted by Crippen LogP contribution is 2.25. The number of rotatable bonds is 4. The van der Waals surface area contributed by atoms with Crippen molar-refractivity contribution in [3.05, 3.63) is 34.9 Å². The summed E-state index contributed by atoms with van der Waals surface area (Å²) in [6, 6.07) is 6.42. The van der Waals surface area contributed by atoms with Gasteiger partial charge in [0, 0.05) is 19.3 Å². The molecule has 1 aromatic rings. The van der Waals surface area contributed by atoms with Crippen LogP contribution in [0, 0.1) is 13.8 Å². The van der Waals surface area contributed by atoms with Crippen molar-refractivity contribution in [2.24, 2.45) is 5.73 Å². The third-order valence-electron chi connectivity index (χ3n) is 2.83. The monoisotopic (exact) mass is 207 g/mol. The van der Waals surface area contributed by atoms with Gasteiger partial charge < -0.3 is 10.5 Å². The molecule has 2 nitrogen and oxygen atoms in total. The maximum absolute atomic E-state index is 6.31. The number of nitrogens with two attached hydrogens (primary N) is 1. The fraction of sp³-hybridized carbons (Fsp3) is 0.538. The second-order valence-corrected chi connectivity index (χ2v) is 4.48. The topological polar surface area (TPSA) is 35.2 Å². The molecule has 0 aliphatic heterocycles. The molecule has 1 unspecified atom stereocenters. The van der Waals surface area contributed by atoms with E-state index in [-0.39, 0.29) is 5.54 Å². The Morgan fingerprint density at radius 1 is 1.33 bits per heavy atom. The highest BCUT2D eigenvalue weighted by molar-refractivity contribution is 5.35. The lowest BCUT2D eigenvalue weighted by molar-refractivity contribution is 0.172. The van der Waals surface area contributed by atoms with Gasteiger partial charge in [-0.15, -0.1) is 0 Å². The number of ether oxygens (including phenoxy) is 1. The molecule has 84 valence electrons. The van der Waals surface area contributed by atoms with E-state index in [9.17, 15) is 0 Å². The SMILES string of the molecule is COCCC(C)(N)c1cc(C)ccc1C. The molecule has 0 bridgehead atoms. The van der Waals surface area contributed by atoms with Crippen LogP contribution in [0.25, 0.3) is 0 Å². The van der Waals surface area contributed by atoms with Crippen LogP contribution in [0.2, 0.25) is 0 Å². The number of benzene rings is 1. The van der Waals surface area contributed by atoms with Crippen molar-refractivity contribution in [2.45, 2.75) is 32.7 Å². The zero-order valence-corrected chi connectivity index (χ0v) is 10.1. The summed E-state index contributed by atoms with van der Waals surface area (Å²) >= 11 is 0. The highest BCUT2D eigenvalue weighted by Gasteiger charge is 2.22. The van der Waals surface area contributed by atoms with Gasteiger partial charge >= 0.3 is 0 Å². The van der Waals surface area contributed by atoms with Crippen molar-refractivity contribution < 1.29 is 4.74 Å². The molecule has 0 aromatic heterocycles. The van der Waals surface area contributed by atoms with E-state index in [1.165, 1.54) is 16.7 Å². The molecule has 0 fully saturated rings. The summed E-state index contributed by atoms with van der Waals surface area (Å²) < 4.78 is 5.09. The van der Waals surface area contributed by atoms with Gasteiger partial charge in [0.25, 0.3) is 0 Å². The molecular formula is C13H21NO. The average molecular weight is 207 g/mol. The Labute approximate surface area is 92.4 Å². The first kappa shape index (κ1) is 12.2. The smallest absolute Gasteiger partial charge is 0.0482 e. The van der Waals surface area contributed by atoms with Gasteiger partial charge in [-0.1, -0.05) is 23.8 Å². The van der Waals surface area contributed by atoms with Crippen molar-refractivity contribution in [3.8, 4) is 0 Å². The Morgan fingerprint density at radius 3 is 2.60 bits per heavy atom. The van der Waals surface area contributed by atoms with Gasteiger partial charge in [-0.3, -0.25) is 0 Å². The third-order valence-corrected chi connectivity index (χ3v) is 2.83. The molecule has 15 heavy (non-hydrogen) atoms. The minimum absolute atomic E-state index is 0.299. The van der Waals surface area contributed by atoms with Gasteiger partial charge in [-0.05, 0) is 38.3 Å². The van der Waals surface area contributed by atoms with Crippen LogP contribution in [0.4, 0.5) is 0 Å². The van der Waals surface area contributed by atoms with E-state index >= 15 is 0 Å². The van der Waals surface area contributed by atoms with Crippen molar-refractivity contribution in [2.75, 3.05) is 13.7 Å². The Hall–Kier alpha value is -0.860. The minimum Gasteiger partial charge on any atom is -0.385 e. The summed E-state index contributed by atoms with van der Waals surface area (Å²) in [7, 11) is 1.71. The lowest BCUT2D eigenvalue weighted by Gasteiger charge is -2.27. The van der Waals surface area contributed by atoms with E-state index in [1.54, 1.807) is 7.11 Å². The molecule has 1 atom stereocenters. The van der Waals surface area contributed by atoms with Gasteiger partial charge in [0.05, 0.1) is 0 Å². The Morgan fingerprint density at radius 2 is 2.00 bits per heavy atom. The van der Waals surface area contributed by atoms with Gasteiger partial charge in [0.2, 0.25) is 0 Å². The molecule has 0 saturated heterocycles. The molecule has 0 heterocycles. The molecule has 0 amide bonds. The normalized spacial score (nSPS) is 15.0. The zero-order valence-electron chi connectivity index (χ0n) is 10.1. The zero-order chi connectivity index (χ0) is 11.5. The predicted molar refractivity (Wildman–Crippen MR) is 63.9 cm³/mol. The molecule has 1 rings (SSSR count). The molecular weight excluding hydrogens is 186 g/mol. The fourth-order valence-corrected chi connectivity index (χ4v) is 1.80. The van der Waals surface area contributed by atoms with Crippen LogP contribution >= 0.6 is 0 Å². The van der Waals surface area contributed by atoms with Crippen LogP contribution in [0.3, 0.4) is 0 Å². The lowest BCUT2D eigenvalue weighted by atomic mass is 9.86. The first-order valence-corrected chi connectivity index (χ1v) is 5.33. The summed E-state index contributed by atoms with van der Waals surface area (Å²) in [6.07, 6.45) is 0.841. The Kier molecular flexibility index (Phi) is 3.89. The largest absolute Gasteiger partial charge is 0.385 e. The second kappa shape index (κ2) is 4.77. The molecule has 2 heteroatoms. The predicted octanol–water partition coefficient (Wildman–Crippen LogP) is 2.51. The van der Waals surface area contributed by atoms with Crippen molar-refractivity contribution in [1.29, 1.82) is 0 Å². The standard InChI is InChI=1S/C13H21NO/c1-10-5-6-11(2)12(9-10)13(3,14)7-8-15-4/h5-6,9H,7-8,14H2,1-4H3. The van der Waals surface area contributed by atoms with Gasteiger partial charge in [0.15, 0.2) is 0 Å². The molecule has 0 aliphatic rings. The number of hydrogen-bond acceptors (Lipinski definition) is 2. The molecule has 0 saturated carbocycles. The van der Waals surface area contributed by atoms with E-state index in [4.69, 9.17) is 10.5 Å². The summed E-state index contributed by atoms with van der Waals surface area (Å²) in [5.74, 6) is 0. The Bertz CT molecular complexity index is 331. The van der Waals surface area contributed by atoms with E-state index in [2.05, 4.69) is 39.0 Å². The maximum atomic E-state index is 6.31. The first-order valence-electron chi connectivity index (χ1n) is 5.33. The van der Waals surface area contributed by atoms with E-state index in [1.807, 2.05) is 0 Å². The number of hydrogen-bond donors (Lipinski definition) is 1. The van der Waals surface area contributed by atoms with Crippen LogP contribution < -0.4 is 5.73 Å². The first-order chi connectivity index (χ1) is 6.97. The lowest BCUT2D eigenvalue weighted by Crippen LogP contribution is -2.35. The summed E-state index contributed by atoms with van der Waals surface area (Å²) in [5.41, 5.74) is 9.74. The Balaban J connectivity index is 2.97. The maximum Gasteiger partial charge on any atom is 0.0482 e. The average Bonchev–Trinajstić information content (AvgIpc) is 2.18. The van der Waals surface area contributed by atoms with Crippen molar-refractivity contribution in [1.82, 2.24) is 0 Å². The third kappa shape index (κ3) is 3.05. The van der Waals surface area contributed by atoms with E-state index < -0.39 is 0 Å². The number of aryl methyl sites for hydroxylation is 2. The van der Waals surface area contributed by atoms with Crippen molar-refractivity contribution >= 4 is 0 Å². The number of methoxy groups -OCH3 is 1. The van der Waals surface area contributed by atoms with Crippen molar-refractivity contribution in [3.63, 3.8) is 0 Å². The van der Waals surface area contributed by atoms with Gasteiger partial charge in [-0.2, -0.15) is 0 Å². The summed E-state index contributed by atoms with van der Waals surface area (Å²) in [6.45, 7) is 6.95. The van der Waals surface area contributed by atoms with E-state index in [0.717, 1.165) is 6.42 Å². The summed E-state index contributed by atoms with van der Waals surface area (Å²) in [4.78, 5) is 0. The fourth-order valence-electron chi connectivity index (χ4n) is 1.80. The van der Waals surface area contributed by atoms with Gasteiger partial charge in [0.1, 0.15) is 0 Å². The van der Waals surface area contributed by atoms with Crippen LogP contribution in [0.5, 0.6) is 0 Å². The van der Waals surface area contributed by atoms with E-state index in [0.29, 0.717) is 6.61 Å². The molecule has 0 radical (unpaired) electrons. The highest BCUT2D eigenvalue weighted by atomic mass is 16.5. The molecule has 0 aliphatic carbocycles. The van der Waals surface area contributed by atoms with Crippen LogP contribution in [-0.4, -0.2) is 13.7 Å². The molecule has 1 aromatic carbocycles. The second-order valence-electron chi connectivity index (χ2n) is 4.48. The summed E-state index contributed by atoms with van der Waals surface area (Å²) in [5, 5.41) is 0. The van der Waals surface area contributed by atoms with Crippen LogP contribution in [0.1, 0.15) is 30.0 Å². The minimum atomic E-state index is -0.299.